The summed E-state index contributed by atoms with van der Waals surface area (Å²) in [6.07, 6.45) is 2.05. The first-order chi connectivity index (χ1) is 14.6. The Morgan fingerprint density at radius 3 is 2.50 bits per heavy atom. The predicted molar refractivity (Wildman–Crippen MR) is 126 cm³/mol. The van der Waals surface area contributed by atoms with Gasteiger partial charge in [-0.3, -0.25) is 4.79 Å². The number of fused-ring (bicyclic) bond motifs is 1. The van der Waals surface area contributed by atoms with Crippen LogP contribution in [0, 0.1) is 0 Å². The van der Waals surface area contributed by atoms with E-state index in [4.69, 9.17) is 4.98 Å². The molecule has 1 amide bonds. The number of carbonyl (C=O) groups is 1. The molecular formula is C25H23N3OS. The Morgan fingerprint density at radius 2 is 1.70 bits per heavy atom. The second kappa shape index (κ2) is 9.01. The molecule has 4 nitrogen and oxygen atoms in total. The van der Waals surface area contributed by atoms with E-state index < -0.39 is 0 Å². The number of rotatable bonds is 6. The Bertz CT molecular complexity index is 1180. The number of anilines is 2. The summed E-state index contributed by atoms with van der Waals surface area (Å²) >= 11 is 1.68. The number of amides is 1. The number of thioether (sulfide) groups is 1. The number of benzene rings is 3. The van der Waals surface area contributed by atoms with E-state index in [1.54, 1.807) is 11.8 Å². The molecule has 0 aliphatic rings. The van der Waals surface area contributed by atoms with Crippen molar-refractivity contribution in [3.8, 4) is 0 Å². The van der Waals surface area contributed by atoms with Gasteiger partial charge in [-0.05, 0) is 49.1 Å². The summed E-state index contributed by atoms with van der Waals surface area (Å²) in [7, 11) is 0. The van der Waals surface area contributed by atoms with Crippen molar-refractivity contribution in [3.05, 3.63) is 96.1 Å². The first-order valence-corrected chi connectivity index (χ1v) is 11.0. The van der Waals surface area contributed by atoms with Gasteiger partial charge in [0, 0.05) is 16.0 Å². The predicted octanol–water partition coefficient (Wildman–Crippen LogP) is 6.19. The third-order valence-corrected chi connectivity index (χ3v) is 5.68. The van der Waals surface area contributed by atoms with Gasteiger partial charge in [0.05, 0.1) is 17.1 Å². The second-order valence-corrected chi connectivity index (χ2v) is 7.91. The van der Waals surface area contributed by atoms with Gasteiger partial charge in [0.25, 0.3) is 5.91 Å². The molecule has 2 N–H and O–H groups in total. The highest BCUT2D eigenvalue weighted by molar-refractivity contribution is 7.98. The number of hydrogen-bond donors (Lipinski definition) is 2. The molecule has 1 heterocycles. The van der Waals surface area contributed by atoms with Crippen molar-refractivity contribution in [2.75, 3.05) is 11.6 Å². The third-order valence-electron chi connectivity index (χ3n) is 4.95. The topological polar surface area (TPSA) is 54.0 Å². The third kappa shape index (κ3) is 4.47. The number of para-hydroxylation sites is 1. The maximum absolute atomic E-state index is 13.2. The van der Waals surface area contributed by atoms with Gasteiger partial charge in [-0.1, -0.05) is 54.6 Å². The molecule has 4 aromatic rings. The molecule has 0 bridgehead atoms. The molecule has 0 saturated carbocycles. The Kier molecular flexibility index (Phi) is 6.00. The molecule has 30 heavy (non-hydrogen) atoms. The highest BCUT2D eigenvalue weighted by atomic mass is 32.2. The Morgan fingerprint density at radius 1 is 0.933 bits per heavy atom. The lowest BCUT2D eigenvalue weighted by molar-refractivity contribution is 0.0941. The smallest absolute Gasteiger partial charge is 0.252 e. The van der Waals surface area contributed by atoms with Crippen molar-refractivity contribution in [2.45, 2.75) is 17.9 Å². The summed E-state index contributed by atoms with van der Waals surface area (Å²) in [6.45, 7) is 1.99. The Labute approximate surface area is 180 Å². The molecule has 1 atom stereocenters. The Balaban J connectivity index is 1.67. The van der Waals surface area contributed by atoms with Crippen LogP contribution in [-0.4, -0.2) is 17.1 Å². The summed E-state index contributed by atoms with van der Waals surface area (Å²) in [6, 6.07) is 27.5. The van der Waals surface area contributed by atoms with Crippen LogP contribution in [0.25, 0.3) is 10.9 Å². The van der Waals surface area contributed by atoms with Crippen LogP contribution in [0.1, 0.15) is 28.9 Å². The van der Waals surface area contributed by atoms with Gasteiger partial charge >= 0.3 is 0 Å². The molecule has 4 rings (SSSR count). The molecule has 0 spiro atoms. The van der Waals surface area contributed by atoms with Crippen LogP contribution in [0.4, 0.5) is 11.5 Å². The van der Waals surface area contributed by atoms with E-state index in [0.717, 1.165) is 27.0 Å². The zero-order chi connectivity index (χ0) is 20.9. The van der Waals surface area contributed by atoms with E-state index in [-0.39, 0.29) is 11.9 Å². The zero-order valence-electron chi connectivity index (χ0n) is 16.9. The lowest BCUT2D eigenvalue weighted by Gasteiger charge is -2.16. The van der Waals surface area contributed by atoms with Gasteiger partial charge in [-0.15, -0.1) is 11.8 Å². The van der Waals surface area contributed by atoms with Crippen LogP contribution < -0.4 is 10.6 Å². The lowest BCUT2D eigenvalue weighted by Crippen LogP contribution is -2.27. The largest absolute Gasteiger partial charge is 0.345 e. The van der Waals surface area contributed by atoms with E-state index in [9.17, 15) is 4.79 Å². The first-order valence-electron chi connectivity index (χ1n) is 9.81. The average molecular weight is 414 g/mol. The summed E-state index contributed by atoms with van der Waals surface area (Å²) in [5, 5.41) is 7.29. The number of nitrogens with one attached hydrogen (secondary N) is 2. The van der Waals surface area contributed by atoms with Crippen LogP contribution in [0.15, 0.2) is 89.8 Å². The fourth-order valence-electron chi connectivity index (χ4n) is 3.38. The number of pyridine rings is 1. The van der Waals surface area contributed by atoms with E-state index in [1.165, 1.54) is 0 Å². The van der Waals surface area contributed by atoms with Gasteiger partial charge < -0.3 is 10.6 Å². The quantitative estimate of drug-likeness (QED) is 0.370. The van der Waals surface area contributed by atoms with Gasteiger partial charge in [0.15, 0.2) is 0 Å². The van der Waals surface area contributed by atoms with E-state index in [1.807, 2.05) is 86.0 Å². The number of hydrogen-bond acceptors (Lipinski definition) is 4. The van der Waals surface area contributed by atoms with Crippen molar-refractivity contribution in [3.63, 3.8) is 0 Å². The summed E-state index contributed by atoms with van der Waals surface area (Å²) in [4.78, 5) is 19.0. The van der Waals surface area contributed by atoms with Crippen LogP contribution in [-0.2, 0) is 0 Å². The maximum Gasteiger partial charge on any atom is 0.252 e. The minimum absolute atomic E-state index is 0.0969. The van der Waals surface area contributed by atoms with Crippen molar-refractivity contribution >= 4 is 40.1 Å². The molecule has 0 radical (unpaired) electrons. The van der Waals surface area contributed by atoms with Gasteiger partial charge in [-0.25, -0.2) is 4.98 Å². The van der Waals surface area contributed by atoms with Crippen LogP contribution in [0.5, 0.6) is 0 Å². The SMILES string of the molecule is CSc1cccc(Nc2cc(C(=O)NC(C)c3ccccc3)c3ccccc3n2)c1. The first kappa shape index (κ1) is 20.0. The monoisotopic (exact) mass is 413 g/mol. The van der Waals surface area contributed by atoms with Crippen LogP contribution >= 0.6 is 11.8 Å². The summed E-state index contributed by atoms with van der Waals surface area (Å²) in [5.41, 5.74) is 3.39. The highest BCUT2D eigenvalue weighted by Crippen LogP contribution is 2.26. The minimum Gasteiger partial charge on any atom is -0.345 e. The number of aromatic nitrogens is 1. The molecule has 0 aliphatic carbocycles. The maximum atomic E-state index is 13.2. The second-order valence-electron chi connectivity index (χ2n) is 7.03. The highest BCUT2D eigenvalue weighted by Gasteiger charge is 2.16. The van der Waals surface area contributed by atoms with E-state index in [0.29, 0.717) is 11.4 Å². The zero-order valence-corrected chi connectivity index (χ0v) is 17.7. The van der Waals surface area contributed by atoms with Gasteiger partial charge in [0.1, 0.15) is 5.82 Å². The lowest BCUT2D eigenvalue weighted by atomic mass is 10.1. The van der Waals surface area contributed by atoms with Crippen molar-refractivity contribution < 1.29 is 4.79 Å². The molecule has 3 aromatic carbocycles. The van der Waals surface area contributed by atoms with Crippen molar-refractivity contribution in [1.82, 2.24) is 10.3 Å². The standard InChI is InChI=1S/C25H23N3OS/c1-17(18-9-4-3-5-10-18)26-25(29)22-16-24(28-23-14-7-6-13-21(22)23)27-19-11-8-12-20(15-19)30-2/h3-17H,1-2H3,(H,26,29)(H,27,28). The fourth-order valence-corrected chi connectivity index (χ4v) is 3.83. The Hall–Kier alpha value is -3.31. The molecule has 5 heteroatoms. The fraction of sp³-hybridized carbons (Fsp3) is 0.120. The molecule has 150 valence electrons. The molecule has 0 fully saturated rings. The molecule has 0 aliphatic heterocycles. The molecule has 0 saturated heterocycles. The van der Waals surface area contributed by atoms with Crippen molar-refractivity contribution in [1.29, 1.82) is 0 Å². The van der Waals surface area contributed by atoms with Crippen LogP contribution in [0.2, 0.25) is 0 Å². The number of carbonyl (C=O) groups excluding carboxylic acids is 1. The van der Waals surface area contributed by atoms with Crippen molar-refractivity contribution in [2.24, 2.45) is 0 Å². The summed E-state index contributed by atoms with van der Waals surface area (Å²) in [5.74, 6) is 0.523. The van der Waals surface area contributed by atoms with Gasteiger partial charge in [-0.2, -0.15) is 0 Å². The number of nitrogens with zero attached hydrogens (tertiary/aromatic N) is 1. The van der Waals surface area contributed by atoms with E-state index >= 15 is 0 Å². The average Bonchev–Trinajstić information content (AvgIpc) is 2.79. The van der Waals surface area contributed by atoms with Gasteiger partial charge in [0.2, 0.25) is 0 Å². The normalized spacial score (nSPS) is 11.8. The molecular weight excluding hydrogens is 390 g/mol. The van der Waals surface area contributed by atoms with E-state index in [2.05, 4.69) is 22.8 Å². The van der Waals surface area contributed by atoms with Crippen LogP contribution in [0.3, 0.4) is 0 Å². The molecule has 1 unspecified atom stereocenters. The summed E-state index contributed by atoms with van der Waals surface area (Å²) < 4.78 is 0. The minimum atomic E-state index is -0.120. The molecule has 1 aromatic heterocycles.